The fraction of sp³-hybridized carbons (Fsp3) is 0.571. The van der Waals surface area contributed by atoms with E-state index in [4.69, 9.17) is 10.3 Å². The van der Waals surface area contributed by atoms with Gasteiger partial charge in [-0.1, -0.05) is 23.3 Å². The van der Waals surface area contributed by atoms with Crippen LogP contribution in [-0.2, 0) is 11.3 Å². The Kier molecular flexibility index (Phi) is 4.95. The molecule has 8 heteroatoms. The van der Waals surface area contributed by atoms with Gasteiger partial charge in [-0.15, -0.1) is 0 Å². The third-order valence-corrected chi connectivity index (χ3v) is 3.80. The molecule has 1 aliphatic rings. The number of hydrogen-bond acceptors (Lipinski definition) is 3. The van der Waals surface area contributed by atoms with Crippen LogP contribution in [0.25, 0.3) is 10.4 Å². The molecule has 0 saturated carbocycles. The zero-order chi connectivity index (χ0) is 16.3. The van der Waals surface area contributed by atoms with Crippen molar-refractivity contribution in [2.45, 2.75) is 31.8 Å². The van der Waals surface area contributed by atoms with E-state index in [-0.39, 0.29) is 6.54 Å². The number of halogens is 3. The number of hydrogen-bond donors (Lipinski definition) is 0. The molecule has 120 valence electrons. The molecule has 2 unspecified atom stereocenters. The molecule has 0 N–H and O–H groups in total. The number of alkyl halides is 3. The summed E-state index contributed by atoms with van der Waals surface area (Å²) in [5.41, 5.74) is 11.1. The zero-order valence-corrected chi connectivity index (χ0v) is 12.3. The lowest BCUT2D eigenvalue weighted by Crippen LogP contribution is -2.41. The Bertz CT molecular complexity index is 584. The number of fused-ring (bicyclic) bond motifs is 1. The number of benzene rings is 1. The van der Waals surface area contributed by atoms with Crippen molar-refractivity contribution in [3.8, 4) is 0 Å². The molecule has 1 heterocycles. The van der Waals surface area contributed by atoms with Gasteiger partial charge in [-0.05, 0) is 29.1 Å². The molecule has 1 aliphatic heterocycles. The highest BCUT2D eigenvalue weighted by molar-refractivity contribution is 5.38. The van der Waals surface area contributed by atoms with E-state index in [9.17, 15) is 13.2 Å². The molecule has 1 aromatic rings. The smallest absolute Gasteiger partial charge is 0.380 e. The summed E-state index contributed by atoms with van der Waals surface area (Å²) in [5, 5.41) is 3.67. The zero-order valence-electron chi connectivity index (χ0n) is 12.3. The van der Waals surface area contributed by atoms with Crippen molar-refractivity contribution >= 4 is 0 Å². The van der Waals surface area contributed by atoms with Gasteiger partial charge >= 0.3 is 6.18 Å². The first-order valence-electron chi connectivity index (χ1n) is 6.82. The summed E-state index contributed by atoms with van der Waals surface area (Å²) >= 11 is 0. The molecule has 0 fully saturated rings. The highest BCUT2D eigenvalue weighted by Crippen LogP contribution is 2.38. The highest BCUT2D eigenvalue weighted by atomic mass is 19.4. The van der Waals surface area contributed by atoms with E-state index >= 15 is 0 Å². The van der Waals surface area contributed by atoms with Gasteiger partial charge in [-0.3, -0.25) is 4.90 Å². The maximum atomic E-state index is 12.7. The van der Waals surface area contributed by atoms with Crippen LogP contribution in [0.1, 0.15) is 35.7 Å². The molecule has 0 amide bonds. The van der Waals surface area contributed by atoms with Crippen molar-refractivity contribution in [1.29, 1.82) is 0 Å². The minimum atomic E-state index is -4.29. The maximum Gasteiger partial charge on any atom is 0.401 e. The van der Waals surface area contributed by atoms with Gasteiger partial charge in [0.25, 0.3) is 0 Å². The fourth-order valence-corrected chi connectivity index (χ4v) is 2.82. The average Bonchev–Trinajstić information content (AvgIpc) is 2.43. The van der Waals surface area contributed by atoms with Crippen LogP contribution >= 0.6 is 0 Å². The number of rotatable bonds is 4. The van der Waals surface area contributed by atoms with Crippen LogP contribution in [0.5, 0.6) is 0 Å². The average molecular weight is 314 g/mol. The molecule has 5 nitrogen and oxygen atoms in total. The summed E-state index contributed by atoms with van der Waals surface area (Å²) in [6.45, 7) is 1.16. The Hall–Kier alpha value is -1.76. The van der Waals surface area contributed by atoms with Crippen LogP contribution in [0.4, 0.5) is 13.2 Å². The topological polar surface area (TPSA) is 61.2 Å². The van der Waals surface area contributed by atoms with Crippen molar-refractivity contribution in [2.24, 2.45) is 5.11 Å². The van der Waals surface area contributed by atoms with Crippen LogP contribution in [0, 0.1) is 0 Å². The molecule has 2 rings (SSSR count). The number of nitrogens with zero attached hydrogens (tertiary/aromatic N) is 4. The summed E-state index contributed by atoms with van der Waals surface area (Å²) in [6.07, 6.45) is -4.29. The Balaban J connectivity index is 2.39. The third-order valence-electron chi connectivity index (χ3n) is 3.80. The number of methoxy groups -OCH3 is 1. The van der Waals surface area contributed by atoms with Gasteiger partial charge in [-0.2, -0.15) is 13.2 Å². The second-order valence-electron chi connectivity index (χ2n) is 5.34. The van der Waals surface area contributed by atoms with Crippen LogP contribution in [-0.4, -0.2) is 31.3 Å². The Morgan fingerprint density at radius 3 is 2.73 bits per heavy atom. The molecule has 22 heavy (non-hydrogen) atoms. The van der Waals surface area contributed by atoms with E-state index < -0.39 is 24.8 Å². The molecule has 0 saturated heterocycles. The van der Waals surface area contributed by atoms with E-state index in [2.05, 4.69) is 10.0 Å². The lowest BCUT2D eigenvalue weighted by atomic mass is 9.89. The van der Waals surface area contributed by atoms with E-state index in [1.807, 2.05) is 12.1 Å². The third kappa shape index (κ3) is 3.71. The predicted octanol–water partition coefficient (Wildman–Crippen LogP) is 4.12. The Labute approximate surface area is 126 Å². The molecule has 1 aromatic carbocycles. The van der Waals surface area contributed by atoms with E-state index in [1.165, 1.54) is 4.90 Å². The van der Waals surface area contributed by atoms with E-state index in [1.54, 1.807) is 20.1 Å². The largest absolute Gasteiger partial charge is 0.401 e. The normalized spacial score (nSPS) is 22.0. The standard InChI is InChI=1S/C14H17F3N4O/c1-9-11-4-3-10(7-22-2)5-12(11)13(19-20-18)6-21(9)8-14(15,16)17/h3-5,9,13H,6-8H2,1-2H3. The molecule has 2 atom stereocenters. The molecular weight excluding hydrogens is 297 g/mol. The van der Waals surface area contributed by atoms with Gasteiger partial charge in [-0.25, -0.2) is 0 Å². The molecule has 0 aromatic heterocycles. The first-order valence-corrected chi connectivity index (χ1v) is 6.82. The number of ether oxygens (including phenoxy) is 1. The van der Waals surface area contributed by atoms with Gasteiger partial charge in [0, 0.05) is 24.6 Å². The summed E-state index contributed by atoms with van der Waals surface area (Å²) in [5.74, 6) is 0. The van der Waals surface area contributed by atoms with Crippen molar-refractivity contribution in [2.75, 3.05) is 20.2 Å². The molecule has 0 bridgehead atoms. The molecule has 0 spiro atoms. The summed E-state index contributed by atoms with van der Waals surface area (Å²) in [7, 11) is 1.57. The second-order valence-corrected chi connectivity index (χ2v) is 5.34. The predicted molar refractivity (Wildman–Crippen MR) is 75.1 cm³/mol. The lowest BCUT2D eigenvalue weighted by Gasteiger charge is -2.38. The van der Waals surface area contributed by atoms with Crippen molar-refractivity contribution in [1.82, 2.24) is 4.90 Å². The van der Waals surface area contributed by atoms with Crippen molar-refractivity contribution in [3.05, 3.63) is 45.3 Å². The lowest BCUT2D eigenvalue weighted by molar-refractivity contribution is -0.152. The summed E-state index contributed by atoms with van der Waals surface area (Å²) in [6, 6.07) is 4.44. The monoisotopic (exact) mass is 314 g/mol. The Morgan fingerprint density at radius 2 is 2.14 bits per heavy atom. The molecular formula is C14H17F3N4O. The first kappa shape index (κ1) is 16.6. The highest BCUT2D eigenvalue weighted by Gasteiger charge is 2.37. The Morgan fingerprint density at radius 1 is 1.41 bits per heavy atom. The minimum absolute atomic E-state index is 0.0498. The SMILES string of the molecule is COCc1ccc2c(c1)C(N=[N+]=[N-])CN(CC(F)(F)F)C2C. The van der Waals surface area contributed by atoms with Gasteiger partial charge in [0.05, 0.1) is 19.2 Å². The van der Waals surface area contributed by atoms with Crippen LogP contribution in [0.15, 0.2) is 23.3 Å². The van der Waals surface area contributed by atoms with Crippen LogP contribution in [0.3, 0.4) is 0 Å². The summed E-state index contributed by atoms with van der Waals surface area (Å²) < 4.78 is 43.2. The quantitative estimate of drug-likeness (QED) is 0.477. The second kappa shape index (κ2) is 6.56. The molecule has 0 radical (unpaired) electrons. The van der Waals surface area contributed by atoms with Crippen molar-refractivity contribution in [3.63, 3.8) is 0 Å². The molecule has 0 aliphatic carbocycles. The van der Waals surface area contributed by atoms with Gasteiger partial charge in [0.15, 0.2) is 0 Å². The van der Waals surface area contributed by atoms with Gasteiger partial charge < -0.3 is 4.74 Å². The van der Waals surface area contributed by atoms with Crippen molar-refractivity contribution < 1.29 is 17.9 Å². The fourth-order valence-electron chi connectivity index (χ4n) is 2.82. The van der Waals surface area contributed by atoms with Gasteiger partial charge in [0.1, 0.15) is 0 Å². The minimum Gasteiger partial charge on any atom is -0.380 e. The summed E-state index contributed by atoms with van der Waals surface area (Å²) in [4.78, 5) is 4.07. The van der Waals surface area contributed by atoms with Crippen LogP contribution < -0.4 is 0 Å². The van der Waals surface area contributed by atoms with E-state index in [0.29, 0.717) is 6.61 Å². The van der Waals surface area contributed by atoms with E-state index in [0.717, 1.165) is 16.7 Å². The van der Waals surface area contributed by atoms with Gasteiger partial charge in [0.2, 0.25) is 0 Å². The first-order chi connectivity index (χ1) is 10.4. The number of azide groups is 1. The van der Waals surface area contributed by atoms with Crippen LogP contribution in [0.2, 0.25) is 0 Å². The maximum absolute atomic E-state index is 12.7.